The number of nitrogens with zero attached hydrogens (tertiary/aromatic N) is 2. The van der Waals surface area contributed by atoms with Crippen LogP contribution in [0.25, 0.3) is 0 Å². The lowest BCUT2D eigenvalue weighted by Crippen LogP contribution is -2.44. The Labute approximate surface area is 169 Å². The first-order chi connectivity index (χ1) is 13.9. The van der Waals surface area contributed by atoms with Crippen LogP contribution < -0.4 is 15.4 Å². The zero-order valence-corrected chi connectivity index (χ0v) is 16.8. The van der Waals surface area contributed by atoms with Gasteiger partial charge in [0, 0.05) is 30.6 Å². The van der Waals surface area contributed by atoms with E-state index in [-0.39, 0.29) is 29.8 Å². The number of sulfonamides is 1. The van der Waals surface area contributed by atoms with Crippen LogP contribution in [0.5, 0.6) is 5.75 Å². The van der Waals surface area contributed by atoms with Crippen molar-refractivity contribution in [3.8, 4) is 5.75 Å². The van der Waals surface area contributed by atoms with E-state index in [1.54, 1.807) is 25.3 Å². The van der Waals surface area contributed by atoms with E-state index < -0.39 is 21.9 Å². The van der Waals surface area contributed by atoms with Gasteiger partial charge in [-0.05, 0) is 38.0 Å². The molecule has 0 radical (unpaired) electrons. The number of nitrogens with one attached hydrogen (secondary N) is 2. The van der Waals surface area contributed by atoms with Crippen LogP contribution in [0, 0.1) is 5.82 Å². The summed E-state index contributed by atoms with van der Waals surface area (Å²) in [5, 5.41) is 5.14. The number of anilines is 2. The van der Waals surface area contributed by atoms with E-state index in [1.165, 1.54) is 28.7 Å². The van der Waals surface area contributed by atoms with Crippen LogP contribution in [0.4, 0.5) is 20.6 Å². The van der Waals surface area contributed by atoms with Gasteiger partial charge in [-0.15, -0.1) is 0 Å². The highest BCUT2D eigenvalue weighted by atomic mass is 32.2. The summed E-state index contributed by atoms with van der Waals surface area (Å²) in [7, 11) is -3.30. The number of piperidine rings is 1. The number of rotatable bonds is 6. The minimum Gasteiger partial charge on any atom is -0.489 e. The van der Waals surface area contributed by atoms with E-state index in [0.717, 1.165) is 0 Å². The summed E-state index contributed by atoms with van der Waals surface area (Å²) < 4.78 is 45.4. The molecular weight excluding hydrogens is 399 g/mol. The molecule has 1 fully saturated rings. The van der Waals surface area contributed by atoms with Gasteiger partial charge in [0.15, 0.2) is 0 Å². The minimum absolute atomic E-state index is 0.0276. The SMILES string of the molecule is CCS(=O)(=O)N1CCC[C@H](Oc2cc(F)cc(NC(=O)Nc3cccnc3)c2)C1. The Morgan fingerprint density at radius 1 is 1.31 bits per heavy atom. The fourth-order valence-corrected chi connectivity index (χ4v) is 4.23. The smallest absolute Gasteiger partial charge is 0.323 e. The lowest BCUT2D eigenvalue weighted by molar-refractivity contribution is 0.129. The van der Waals surface area contributed by atoms with Crippen LogP contribution >= 0.6 is 0 Å². The number of urea groups is 1. The van der Waals surface area contributed by atoms with Crippen LogP contribution in [0.3, 0.4) is 0 Å². The van der Waals surface area contributed by atoms with Gasteiger partial charge in [0.2, 0.25) is 10.0 Å². The lowest BCUT2D eigenvalue weighted by atomic mass is 10.1. The number of ether oxygens (including phenoxy) is 1. The fraction of sp³-hybridized carbons (Fsp3) is 0.368. The summed E-state index contributed by atoms with van der Waals surface area (Å²) in [4.78, 5) is 16.0. The van der Waals surface area contributed by atoms with Crippen molar-refractivity contribution in [3.05, 3.63) is 48.5 Å². The first-order valence-electron chi connectivity index (χ1n) is 9.29. The number of carbonyl (C=O) groups excluding carboxylic acids is 1. The van der Waals surface area contributed by atoms with Crippen molar-refractivity contribution in [3.63, 3.8) is 0 Å². The second kappa shape index (κ2) is 9.19. The highest BCUT2D eigenvalue weighted by molar-refractivity contribution is 7.89. The largest absolute Gasteiger partial charge is 0.489 e. The second-order valence-electron chi connectivity index (χ2n) is 6.64. The van der Waals surface area contributed by atoms with Crippen molar-refractivity contribution >= 4 is 27.4 Å². The molecule has 1 aromatic heterocycles. The predicted molar refractivity (Wildman–Crippen MR) is 108 cm³/mol. The van der Waals surface area contributed by atoms with Crippen molar-refractivity contribution < 1.29 is 22.3 Å². The van der Waals surface area contributed by atoms with Crippen molar-refractivity contribution in [2.45, 2.75) is 25.9 Å². The summed E-state index contributed by atoms with van der Waals surface area (Å²) in [6, 6.07) is 6.68. The topological polar surface area (TPSA) is 101 Å². The van der Waals surface area contributed by atoms with E-state index in [0.29, 0.717) is 25.1 Å². The van der Waals surface area contributed by atoms with Gasteiger partial charge in [0.05, 0.1) is 24.2 Å². The molecule has 29 heavy (non-hydrogen) atoms. The van der Waals surface area contributed by atoms with E-state index in [2.05, 4.69) is 15.6 Å². The van der Waals surface area contributed by atoms with Crippen LogP contribution in [-0.2, 0) is 10.0 Å². The van der Waals surface area contributed by atoms with Crippen LogP contribution in [0.1, 0.15) is 19.8 Å². The van der Waals surface area contributed by atoms with Crippen molar-refractivity contribution in [2.75, 3.05) is 29.5 Å². The maximum absolute atomic E-state index is 14.0. The average Bonchev–Trinajstić information content (AvgIpc) is 2.68. The number of hydrogen-bond donors (Lipinski definition) is 2. The van der Waals surface area contributed by atoms with E-state index in [9.17, 15) is 17.6 Å². The summed E-state index contributed by atoms with van der Waals surface area (Å²) in [5.74, 6) is -0.324. The molecule has 1 aliphatic heterocycles. The Hall–Kier alpha value is -2.72. The molecule has 2 amide bonds. The molecule has 10 heteroatoms. The Morgan fingerprint density at radius 3 is 2.83 bits per heavy atom. The molecule has 0 spiro atoms. The third-order valence-corrected chi connectivity index (χ3v) is 6.30. The number of amides is 2. The molecule has 0 aliphatic carbocycles. The van der Waals surface area contributed by atoms with Gasteiger partial charge in [-0.25, -0.2) is 17.6 Å². The van der Waals surface area contributed by atoms with Crippen LogP contribution in [0.15, 0.2) is 42.7 Å². The third-order valence-electron chi connectivity index (χ3n) is 4.45. The molecule has 156 valence electrons. The van der Waals surface area contributed by atoms with Gasteiger partial charge >= 0.3 is 6.03 Å². The summed E-state index contributed by atoms with van der Waals surface area (Å²) in [6.07, 6.45) is 4.01. The molecule has 1 aromatic carbocycles. The van der Waals surface area contributed by atoms with E-state index >= 15 is 0 Å². The monoisotopic (exact) mass is 422 g/mol. The van der Waals surface area contributed by atoms with Gasteiger partial charge in [-0.1, -0.05) is 0 Å². The maximum atomic E-state index is 14.0. The Balaban J connectivity index is 1.65. The fourth-order valence-electron chi connectivity index (χ4n) is 3.06. The van der Waals surface area contributed by atoms with Crippen molar-refractivity contribution in [1.29, 1.82) is 0 Å². The molecule has 1 atom stereocenters. The summed E-state index contributed by atoms with van der Waals surface area (Å²) >= 11 is 0. The second-order valence-corrected chi connectivity index (χ2v) is 8.89. The number of aromatic nitrogens is 1. The van der Waals surface area contributed by atoms with Crippen LogP contribution in [-0.4, -0.2) is 48.7 Å². The first-order valence-corrected chi connectivity index (χ1v) is 10.9. The normalized spacial score (nSPS) is 17.5. The standard InChI is InChI=1S/C19H23FN4O4S/c1-2-29(26,27)24-8-4-6-17(13-24)28-18-10-14(20)9-16(11-18)23-19(25)22-15-5-3-7-21-12-15/h3,5,7,9-12,17H,2,4,6,8,13H2,1H3,(H2,22,23,25)/t17-/m0/s1. The molecule has 0 unspecified atom stereocenters. The zero-order chi connectivity index (χ0) is 20.9. The Kier molecular flexibility index (Phi) is 6.65. The molecule has 2 N–H and O–H groups in total. The molecule has 2 aromatic rings. The third kappa shape index (κ3) is 5.88. The van der Waals surface area contributed by atoms with Gasteiger partial charge in [0.1, 0.15) is 17.7 Å². The molecule has 1 aliphatic rings. The van der Waals surface area contributed by atoms with E-state index in [4.69, 9.17) is 4.74 Å². The molecule has 1 saturated heterocycles. The number of carbonyl (C=O) groups is 1. The number of benzene rings is 1. The van der Waals surface area contributed by atoms with Gasteiger partial charge in [-0.2, -0.15) is 4.31 Å². The number of halogens is 1. The van der Waals surface area contributed by atoms with Gasteiger partial charge in [0.25, 0.3) is 0 Å². The maximum Gasteiger partial charge on any atom is 0.323 e. The van der Waals surface area contributed by atoms with Crippen molar-refractivity contribution in [1.82, 2.24) is 9.29 Å². The molecule has 8 nitrogen and oxygen atoms in total. The average molecular weight is 422 g/mol. The Morgan fingerprint density at radius 2 is 2.10 bits per heavy atom. The van der Waals surface area contributed by atoms with Gasteiger partial charge in [-0.3, -0.25) is 4.98 Å². The quantitative estimate of drug-likeness (QED) is 0.745. The number of pyridine rings is 1. The highest BCUT2D eigenvalue weighted by Crippen LogP contribution is 2.25. The molecule has 0 bridgehead atoms. The summed E-state index contributed by atoms with van der Waals surface area (Å²) in [6.45, 7) is 2.28. The first kappa shape index (κ1) is 21.0. The van der Waals surface area contributed by atoms with Gasteiger partial charge < -0.3 is 15.4 Å². The molecular formula is C19H23FN4O4S. The van der Waals surface area contributed by atoms with E-state index in [1.807, 2.05) is 0 Å². The summed E-state index contributed by atoms with van der Waals surface area (Å²) in [5.41, 5.74) is 0.715. The number of hydrogen-bond acceptors (Lipinski definition) is 5. The lowest BCUT2D eigenvalue weighted by Gasteiger charge is -2.32. The Bertz CT molecular complexity index is 956. The van der Waals surface area contributed by atoms with Crippen molar-refractivity contribution in [2.24, 2.45) is 0 Å². The predicted octanol–water partition coefficient (Wildman–Crippen LogP) is 3.06. The minimum atomic E-state index is -3.30. The molecule has 3 rings (SSSR count). The molecule has 2 heterocycles. The zero-order valence-electron chi connectivity index (χ0n) is 16.0. The molecule has 0 saturated carbocycles. The highest BCUT2D eigenvalue weighted by Gasteiger charge is 2.28. The van der Waals surface area contributed by atoms with Crippen LogP contribution in [0.2, 0.25) is 0 Å².